The topological polar surface area (TPSA) is 68.2 Å². The average Bonchev–Trinajstić information content (AvgIpc) is 2.83. The van der Waals surface area contributed by atoms with Crippen LogP contribution in [0.3, 0.4) is 0 Å². The quantitative estimate of drug-likeness (QED) is 0.929. The molecule has 106 valence electrons. The zero-order valence-electron chi connectivity index (χ0n) is 11.5. The molecule has 1 aliphatic heterocycles. The number of hydrogen-bond donors (Lipinski definition) is 1. The number of nitrogens with two attached hydrogens (primary N) is 1. The molecule has 0 radical (unpaired) electrons. The summed E-state index contributed by atoms with van der Waals surface area (Å²) in [4.78, 5) is 6.67. The molecule has 0 amide bonds. The van der Waals surface area contributed by atoms with Crippen LogP contribution in [0, 0.1) is 0 Å². The number of benzene rings is 1. The Balaban J connectivity index is 1.76. The van der Waals surface area contributed by atoms with Crippen molar-refractivity contribution in [1.29, 1.82) is 0 Å². The molecule has 3 rings (SSSR count). The molecule has 1 aromatic heterocycles. The minimum absolute atomic E-state index is 0.357. The molecule has 0 aliphatic carbocycles. The lowest BCUT2D eigenvalue weighted by Crippen LogP contribution is -2.25. The maximum Gasteiger partial charge on any atom is 0.266 e. The van der Waals surface area contributed by atoms with E-state index in [0.29, 0.717) is 11.8 Å². The van der Waals surface area contributed by atoms with Gasteiger partial charge < -0.3 is 15.2 Å². The van der Waals surface area contributed by atoms with E-state index in [1.807, 2.05) is 30.3 Å². The summed E-state index contributed by atoms with van der Waals surface area (Å²) >= 11 is 0. The van der Waals surface area contributed by atoms with Gasteiger partial charge in [0.05, 0.1) is 0 Å². The zero-order valence-corrected chi connectivity index (χ0v) is 11.5. The van der Waals surface area contributed by atoms with E-state index < -0.39 is 0 Å². The fourth-order valence-corrected chi connectivity index (χ4v) is 2.56. The second kappa shape index (κ2) is 6.05. The lowest BCUT2D eigenvalue weighted by atomic mass is 10.1. The smallest absolute Gasteiger partial charge is 0.266 e. The Bertz CT molecular complexity index is 532. The van der Waals surface area contributed by atoms with Gasteiger partial charge in [-0.3, -0.25) is 0 Å². The minimum atomic E-state index is -0.357. The SMILES string of the molecule is N[C@H](c1ccccc1)c1nc(N2CCCCCC2)no1. The summed E-state index contributed by atoms with van der Waals surface area (Å²) in [6.07, 6.45) is 4.94. The molecular formula is C15H20N4O. The first kappa shape index (κ1) is 13.1. The fourth-order valence-electron chi connectivity index (χ4n) is 2.56. The Kier molecular flexibility index (Phi) is 3.97. The largest absolute Gasteiger partial charge is 0.338 e. The van der Waals surface area contributed by atoms with Crippen molar-refractivity contribution in [2.45, 2.75) is 31.7 Å². The molecule has 0 bridgehead atoms. The summed E-state index contributed by atoms with van der Waals surface area (Å²) in [6.45, 7) is 2.00. The lowest BCUT2D eigenvalue weighted by Gasteiger charge is -2.16. The van der Waals surface area contributed by atoms with Gasteiger partial charge in [-0.2, -0.15) is 4.98 Å². The van der Waals surface area contributed by atoms with E-state index >= 15 is 0 Å². The van der Waals surface area contributed by atoms with E-state index in [0.717, 1.165) is 18.7 Å². The maximum absolute atomic E-state index is 6.18. The molecule has 20 heavy (non-hydrogen) atoms. The molecule has 2 N–H and O–H groups in total. The fraction of sp³-hybridized carbons (Fsp3) is 0.467. The van der Waals surface area contributed by atoms with Gasteiger partial charge in [-0.25, -0.2) is 0 Å². The predicted molar refractivity (Wildman–Crippen MR) is 77.5 cm³/mol. The Morgan fingerprint density at radius 2 is 1.75 bits per heavy atom. The number of nitrogens with zero attached hydrogens (tertiary/aromatic N) is 3. The molecule has 1 atom stereocenters. The van der Waals surface area contributed by atoms with Crippen LogP contribution in [-0.4, -0.2) is 23.2 Å². The van der Waals surface area contributed by atoms with E-state index in [1.54, 1.807) is 0 Å². The third kappa shape index (κ3) is 2.82. The van der Waals surface area contributed by atoms with Crippen LogP contribution in [0.15, 0.2) is 34.9 Å². The van der Waals surface area contributed by atoms with Gasteiger partial charge in [0.2, 0.25) is 5.89 Å². The molecule has 0 saturated carbocycles. The van der Waals surface area contributed by atoms with Crippen molar-refractivity contribution in [2.24, 2.45) is 5.73 Å². The van der Waals surface area contributed by atoms with Gasteiger partial charge >= 0.3 is 0 Å². The van der Waals surface area contributed by atoms with Crippen molar-refractivity contribution in [3.63, 3.8) is 0 Å². The summed E-state index contributed by atoms with van der Waals surface area (Å²) in [5.41, 5.74) is 7.16. The van der Waals surface area contributed by atoms with E-state index in [4.69, 9.17) is 10.3 Å². The van der Waals surface area contributed by atoms with Crippen LogP contribution in [0.5, 0.6) is 0 Å². The van der Waals surface area contributed by atoms with Crippen molar-refractivity contribution in [3.05, 3.63) is 41.8 Å². The first-order valence-electron chi connectivity index (χ1n) is 7.23. The Labute approximate surface area is 118 Å². The molecule has 5 nitrogen and oxygen atoms in total. The normalized spacial score (nSPS) is 17.8. The van der Waals surface area contributed by atoms with E-state index in [1.165, 1.54) is 25.7 Å². The minimum Gasteiger partial charge on any atom is -0.338 e. The summed E-state index contributed by atoms with van der Waals surface area (Å²) < 4.78 is 5.35. The Morgan fingerprint density at radius 3 is 2.45 bits per heavy atom. The van der Waals surface area contributed by atoms with Gasteiger partial charge in [0.15, 0.2) is 0 Å². The molecule has 5 heteroatoms. The highest BCUT2D eigenvalue weighted by molar-refractivity contribution is 5.30. The average molecular weight is 272 g/mol. The first-order chi connectivity index (χ1) is 9.84. The van der Waals surface area contributed by atoms with Crippen molar-refractivity contribution >= 4 is 5.95 Å². The summed E-state index contributed by atoms with van der Waals surface area (Å²) in [5.74, 6) is 1.16. The third-order valence-corrected chi connectivity index (χ3v) is 3.74. The molecule has 1 aliphatic rings. The van der Waals surface area contributed by atoms with Crippen LogP contribution >= 0.6 is 0 Å². The maximum atomic E-state index is 6.18. The molecule has 0 spiro atoms. The van der Waals surface area contributed by atoms with Gasteiger partial charge in [0.25, 0.3) is 5.95 Å². The lowest BCUT2D eigenvalue weighted by molar-refractivity contribution is 0.366. The highest BCUT2D eigenvalue weighted by Gasteiger charge is 2.20. The molecule has 2 aromatic rings. The standard InChI is InChI=1S/C15H20N4O/c16-13(12-8-4-3-5-9-12)14-17-15(18-20-14)19-10-6-1-2-7-11-19/h3-5,8-9,13H,1-2,6-7,10-11,16H2/t13-/m1/s1. The monoisotopic (exact) mass is 272 g/mol. The second-order valence-corrected chi connectivity index (χ2v) is 5.22. The van der Waals surface area contributed by atoms with Crippen molar-refractivity contribution < 1.29 is 4.52 Å². The highest BCUT2D eigenvalue weighted by Crippen LogP contribution is 2.21. The van der Waals surface area contributed by atoms with Crippen LogP contribution in [0.1, 0.15) is 43.2 Å². The molecule has 1 aromatic carbocycles. The Morgan fingerprint density at radius 1 is 1.05 bits per heavy atom. The molecule has 1 saturated heterocycles. The number of anilines is 1. The van der Waals surface area contributed by atoms with Gasteiger partial charge in [-0.1, -0.05) is 43.2 Å². The van der Waals surface area contributed by atoms with Crippen molar-refractivity contribution in [3.8, 4) is 0 Å². The van der Waals surface area contributed by atoms with E-state index in [2.05, 4.69) is 15.0 Å². The van der Waals surface area contributed by atoms with Gasteiger partial charge in [0, 0.05) is 13.1 Å². The predicted octanol–water partition coefficient (Wildman–Crippen LogP) is 2.50. The molecule has 1 fully saturated rings. The first-order valence-corrected chi connectivity index (χ1v) is 7.23. The number of hydrogen-bond acceptors (Lipinski definition) is 5. The van der Waals surface area contributed by atoms with Gasteiger partial charge in [-0.15, -0.1) is 0 Å². The third-order valence-electron chi connectivity index (χ3n) is 3.74. The zero-order chi connectivity index (χ0) is 13.8. The summed E-state index contributed by atoms with van der Waals surface area (Å²) in [6, 6.07) is 9.47. The second-order valence-electron chi connectivity index (χ2n) is 5.22. The Hall–Kier alpha value is -1.88. The van der Waals surface area contributed by atoms with Crippen LogP contribution in [0.2, 0.25) is 0 Å². The summed E-state index contributed by atoms with van der Waals surface area (Å²) in [7, 11) is 0. The van der Waals surface area contributed by atoms with E-state index in [9.17, 15) is 0 Å². The molecule has 2 heterocycles. The number of aromatic nitrogens is 2. The summed E-state index contributed by atoms with van der Waals surface area (Å²) in [5, 5.41) is 4.09. The highest BCUT2D eigenvalue weighted by atomic mass is 16.5. The van der Waals surface area contributed by atoms with Gasteiger partial charge in [0.1, 0.15) is 6.04 Å². The number of rotatable bonds is 3. The molecular weight excluding hydrogens is 252 g/mol. The van der Waals surface area contributed by atoms with E-state index in [-0.39, 0.29) is 6.04 Å². The van der Waals surface area contributed by atoms with Crippen molar-refractivity contribution in [2.75, 3.05) is 18.0 Å². The van der Waals surface area contributed by atoms with Crippen LogP contribution < -0.4 is 10.6 Å². The van der Waals surface area contributed by atoms with Crippen LogP contribution in [0.4, 0.5) is 5.95 Å². The van der Waals surface area contributed by atoms with Crippen LogP contribution in [-0.2, 0) is 0 Å². The van der Waals surface area contributed by atoms with Crippen LogP contribution in [0.25, 0.3) is 0 Å². The molecule has 0 unspecified atom stereocenters. The van der Waals surface area contributed by atoms with Crippen molar-refractivity contribution in [1.82, 2.24) is 10.1 Å². The van der Waals surface area contributed by atoms with Gasteiger partial charge in [-0.05, 0) is 23.6 Å².